The molecule has 1 heterocycles. The van der Waals surface area contributed by atoms with E-state index in [1.807, 2.05) is 69.3 Å². The molecule has 0 aliphatic carbocycles. The lowest BCUT2D eigenvalue weighted by Crippen LogP contribution is -2.43. The van der Waals surface area contributed by atoms with Crippen LogP contribution < -0.4 is 15.5 Å². The predicted molar refractivity (Wildman–Crippen MR) is 112 cm³/mol. The van der Waals surface area contributed by atoms with Gasteiger partial charge in [-0.15, -0.1) is 0 Å². The Morgan fingerprint density at radius 3 is 2.38 bits per heavy atom. The number of nitrogens with one attached hydrogen (secondary N) is 2. The van der Waals surface area contributed by atoms with Crippen LogP contribution in [0, 0.1) is 6.92 Å². The molecule has 2 aromatic rings. The summed E-state index contributed by atoms with van der Waals surface area (Å²) in [5.41, 5.74) is 3.27. The fourth-order valence-corrected chi connectivity index (χ4v) is 3.32. The zero-order valence-corrected chi connectivity index (χ0v) is 17.0. The Balaban J connectivity index is 1.74. The molecule has 7 heteroatoms. The fraction of sp³-hybridized carbons (Fsp3) is 0.364. The number of rotatable bonds is 8. The Kier molecular flexibility index (Phi) is 6.85. The molecule has 0 spiro atoms. The molecule has 0 unspecified atom stereocenters. The molecule has 2 N–H and O–H groups in total. The van der Waals surface area contributed by atoms with Crippen LogP contribution in [0.3, 0.4) is 0 Å². The second kappa shape index (κ2) is 9.54. The van der Waals surface area contributed by atoms with E-state index in [4.69, 9.17) is 9.47 Å². The van der Waals surface area contributed by atoms with Gasteiger partial charge in [-0.25, -0.2) is 4.79 Å². The molecule has 1 aliphatic rings. The van der Waals surface area contributed by atoms with E-state index in [-0.39, 0.29) is 12.5 Å². The van der Waals surface area contributed by atoms with E-state index in [2.05, 4.69) is 10.6 Å². The summed E-state index contributed by atoms with van der Waals surface area (Å²) >= 11 is 0. The number of carbonyl (C=O) groups excluding carboxylic acids is 2. The number of urea groups is 1. The molecule has 1 atom stereocenters. The van der Waals surface area contributed by atoms with Crippen LogP contribution in [0.4, 0.5) is 16.2 Å². The van der Waals surface area contributed by atoms with Gasteiger partial charge in [0.15, 0.2) is 6.29 Å². The molecule has 1 aliphatic heterocycles. The van der Waals surface area contributed by atoms with E-state index in [1.165, 1.54) is 0 Å². The SMILES string of the molecule is CCOC(CN1C(=O)[C@@H](NC(=O)Nc2ccc(C)cc2)c2ccccc21)OCC. The Bertz CT molecular complexity index is 847. The first-order chi connectivity index (χ1) is 14.0. The van der Waals surface area contributed by atoms with Gasteiger partial charge in [-0.05, 0) is 39.0 Å². The molecule has 0 bridgehead atoms. The maximum Gasteiger partial charge on any atom is 0.320 e. The van der Waals surface area contributed by atoms with Crippen molar-refractivity contribution in [3.63, 3.8) is 0 Å². The van der Waals surface area contributed by atoms with E-state index < -0.39 is 18.4 Å². The van der Waals surface area contributed by atoms with Crippen LogP contribution in [0.25, 0.3) is 0 Å². The largest absolute Gasteiger partial charge is 0.351 e. The van der Waals surface area contributed by atoms with Crippen LogP contribution in [-0.4, -0.2) is 38.0 Å². The van der Waals surface area contributed by atoms with Crippen molar-refractivity contribution >= 4 is 23.3 Å². The molecule has 29 heavy (non-hydrogen) atoms. The second-order valence-electron chi connectivity index (χ2n) is 6.75. The monoisotopic (exact) mass is 397 g/mol. The van der Waals surface area contributed by atoms with Crippen molar-refractivity contribution in [2.24, 2.45) is 0 Å². The number of ether oxygens (including phenoxy) is 2. The highest BCUT2D eigenvalue weighted by Gasteiger charge is 2.39. The summed E-state index contributed by atoms with van der Waals surface area (Å²) in [6.07, 6.45) is -0.526. The topological polar surface area (TPSA) is 79.9 Å². The summed E-state index contributed by atoms with van der Waals surface area (Å²) in [5, 5.41) is 5.57. The molecular weight excluding hydrogens is 370 g/mol. The van der Waals surface area contributed by atoms with Crippen LogP contribution in [0.5, 0.6) is 0 Å². The Labute approximate surface area is 171 Å². The van der Waals surface area contributed by atoms with Gasteiger partial charge >= 0.3 is 6.03 Å². The molecule has 0 saturated heterocycles. The van der Waals surface area contributed by atoms with E-state index in [0.29, 0.717) is 18.9 Å². The van der Waals surface area contributed by atoms with Gasteiger partial charge in [0.2, 0.25) is 0 Å². The quantitative estimate of drug-likeness (QED) is 0.667. The van der Waals surface area contributed by atoms with Gasteiger partial charge in [0, 0.05) is 30.2 Å². The van der Waals surface area contributed by atoms with Crippen molar-refractivity contribution < 1.29 is 19.1 Å². The molecule has 2 aromatic carbocycles. The maximum atomic E-state index is 13.1. The molecular formula is C22H27N3O4. The summed E-state index contributed by atoms with van der Waals surface area (Å²) in [6.45, 7) is 6.96. The van der Waals surface area contributed by atoms with Crippen molar-refractivity contribution in [2.45, 2.75) is 33.1 Å². The van der Waals surface area contributed by atoms with Crippen LogP contribution in [-0.2, 0) is 14.3 Å². The minimum absolute atomic E-state index is 0.213. The van der Waals surface area contributed by atoms with Crippen LogP contribution in [0.1, 0.15) is 31.0 Å². The predicted octanol–water partition coefficient (Wildman–Crippen LogP) is 3.60. The third-order valence-corrected chi connectivity index (χ3v) is 4.67. The minimum atomic E-state index is -0.763. The van der Waals surface area contributed by atoms with Gasteiger partial charge in [-0.3, -0.25) is 4.79 Å². The van der Waals surface area contributed by atoms with Gasteiger partial charge in [-0.2, -0.15) is 0 Å². The highest BCUT2D eigenvalue weighted by Crippen LogP contribution is 2.36. The van der Waals surface area contributed by atoms with Crippen LogP contribution in [0.15, 0.2) is 48.5 Å². The van der Waals surface area contributed by atoms with Crippen molar-refractivity contribution in [1.82, 2.24) is 5.32 Å². The maximum absolute atomic E-state index is 13.1. The zero-order valence-electron chi connectivity index (χ0n) is 17.0. The van der Waals surface area contributed by atoms with E-state index in [1.54, 1.807) is 4.90 Å². The molecule has 0 saturated carbocycles. The van der Waals surface area contributed by atoms with Gasteiger partial charge in [-0.1, -0.05) is 35.9 Å². The van der Waals surface area contributed by atoms with Gasteiger partial charge < -0.3 is 25.0 Å². The molecule has 0 radical (unpaired) electrons. The van der Waals surface area contributed by atoms with Gasteiger partial charge in [0.05, 0.1) is 6.54 Å². The Morgan fingerprint density at radius 1 is 1.07 bits per heavy atom. The number of hydrogen-bond donors (Lipinski definition) is 2. The number of fused-ring (bicyclic) bond motifs is 1. The molecule has 0 aromatic heterocycles. The first kappa shape index (κ1) is 20.8. The summed E-state index contributed by atoms with van der Waals surface area (Å²) in [4.78, 5) is 27.2. The van der Waals surface area contributed by atoms with E-state index in [0.717, 1.165) is 16.8 Å². The minimum Gasteiger partial charge on any atom is -0.351 e. The van der Waals surface area contributed by atoms with E-state index in [9.17, 15) is 9.59 Å². The second-order valence-corrected chi connectivity index (χ2v) is 6.75. The van der Waals surface area contributed by atoms with Gasteiger partial charge in [0.25, 0.3) is 5.91 Å². The average Bonchev–Trinajstić information content (AvgIpc) is 2.96. The van der Waals surface area contributed by atoms with Crippen molar-refractivity contribution in [3.05, 3.63) is 59.7 Å². The van der Waals surface area contributed by atoms with E-state index >= 15 is 0 Å². The molecule has 0 fully saturated rings. The number of anilines is 2. The summed E-state index contributed by atoms with van der Waals surface area (Å²) in [5.74, 6) is -0.213. The first-order valence-corrected chi connectivity index (χ1v) is 9.81. The highest BCUT2D eigenvalue weighted by molar-refractivity contribution is 6.07. The first-order valence-electron chi connectivity index (χ1n) is 9.81. The average molecular weight is 397 g/mol. The highest BCUT2D eigenvalue weighted by atomic mass is 16.7. The molecule has 3 rings (SSSR count). The molecule has 154 valence electrons. The summed E-state index contributed by atoms with van der Waals surface area (Å²) in [6, 6.07) is 13.7. The summed E-state index contributed by atoms with van der Waals surface area (Å²) in [7, 11) is 0. The molecule has 7 nitrogen and oxygen atoms in total. The van der Waals surface area contributed by atoms with Crippen molar-refractivity contribution in [3.8, 4) is 0 Å². The Morgan fingerprint density at radius 2 is 1.72 bits per heavy atom. The number of hydrogen-bond acceptors (Lipinski definition) is 4. The van der Waals surface area contributed by atoms with Gasteiger partial charge in [0.1, 0.15) is 6.04 Å². The Hall–Kier alpha value is -2.90. The van der Waals surface area contributed by atoms with Crippen molar-refractivity contribution in [2.75, 3.05) is 30.0 Å². The number of amides is 3. The number of para-hydroxylation sites is 1. The molecule has 3 amide bonds. The summed E-state index contributed by atoms with van der Waals surface area (Å²) < 4.78 is 11.2. The number of nitrogens with zero attached hydrogens (tertiary/aromatic N) is 1. The third kappa shape index (κ3) is 4.93. The lowest BCUT2D eigenvalue weighted by Gasteiger charge is -2.24. The standard InChI is InChI=1S/C22H27N3O4/c1-4-28-19(29-5-2)14-25-18-9-7-6-8-17(18)20(21(25)26)24-22(27)23-16-12-10-15(3)11-13-16/h6-13,19-20H,4-5,14H2,1-3H3,(H2,23,24,27)/t20-/m0/s1. The number of benzene rings is 2. The van der Waals surface area contributed by atoms with Crippen molar-refractivity contribution in [1.29, 1.82) is 0 Å². The number of carbonyl (C=O) groups is 2. The fourth-order valence-electron chi connectivity index (χ4n) is 3.32. The lowest BCUT2D eigenvalue weighted by molar-refractivity contribution is -0.135. The normalized spacial score (nSPS) is 15.5. The third-order valence-electron chi connectivity index (χ3n) is 4.67. The van der Waals surface area contributed by atoms with Crippen LogP contribution in [0.2, 0.25) is 0 Å². The van der Waals surface area contributed by atoms with Crippen LogP contribution >= 0.6 is 0 Å². The zero-order chi connectivity index (χ0) is 20.8. The lowest BCUT2D eigenvalue weighted by atomic mass is 10.1. The number of aryl methyl sites for hydroxylation is 1. The smallest absolute Gasteiger partial charge is 0.320 e.